The van der Waals surface area contributed by atoms with Gasteiger partial charge in [0, 0.05) is 24.7 Å². The first-order chi connectivity index (χ1) is 9.29. The fourth-order valence-corrected chi connectivity index (χ4v) is 3.77. The molecular weight excluding hydrogens is 241 g/mol. The van der Waals surface area contributed by atoms with E-state index in [-0.39, 0.29) is 5.82 Å². The number of aromatic nitrogens is 1. The second-order valence-corrected chi connectivity index (χ2v) is 5.76. The summed E-state index contributed by atoms with van der Waals surface area (Å²) in [5.41, 5.74) is 0.982. The number of rotatable bonds is 3. The molecule has 1 saturated carbocycles. The van der Waals surface area contributed by atoms with Gasteiger partial charge >= 0.3 is 0 Å². The van der Waals surface area contributed by atoms with E-state index < -0.39 is 0 Å². The van der Waals surface area contributed by atoms with E-state index >= 15 is 0 Å². The Kier molecular flexibility index (Phi) is 3.69. The van der Waals surface area contributed by atoms with Crippen molar-refractivity contribution in [3.63, 3.8) is 0 Å². The first kappa shape index (κ1) is 12.9. The van der Waals surface area contributed by atoms with Gasteiger partial charge in [0.1, 0.15) is 11.6 Å². The highest BCUT2D eigenvalue weighted by Gasteiger charge is 2.36. The SMILES string of the molecule is CNCc1cc(F)cnc1N1CCCC2CCCC21. The maximum Gasteiger partial charge on any atom is 0.141 e. The quantitative estimate of drug-likeness (QED) is 0.909. The molecule has 2 atom stereocenters. The molecule has 104 valence electrons. The van der Waals surface area contributed by atoms with Crippen molar-refractivity contribution in [2.75, 3.05) is 18.5 Å². The summed E-state index contributed by atoms with van der Waals surface area (Å²) in [4.78, 5) is 6.83. The molecule has 1 aliphatic heterocycles. The summed E-state index contributed by atoms with van der Waals surface area (Å²) >= 11 is 0. The number of nitrogens with zero attached hydrogens (tertiary/aromatic N) is 2. The van der Waals surface area contributed by atoms with Gasteiger partial charge in [-0.2, -0.15) is 0 Å². The molecule has 2 unspecified atom stereocenters. The lowest BCUT2D eigenvalue weighted by Crippen LogP contribution is -2.43. The van der Waals surface area contributed by atoms with Crippen molar-refractivity contribution in [1.82, 2.24) is 10.3 Å². The van der Waals surface area contributed by atoms with E-state index in [1.54, 1.807) is 6.07 Å². The Bertz CT molecular complexity index is 449. The van der Waals surface area contributed by atoms with Gasteiger partial charge in [0.15, 0.2) is 0 Å². The van der Waals surface area contributed by atoms with Crippen LogP contribution in [0.5, 0.6) is 0 Å². The minimum atomic E-state index is -0.242. The van der Waals surface area contributed by atoms with Crippen molar-refractivity contribution in [2.45, 2.75) is 44.7 Å². The van der Waals surface area contributed by atoms with Crippen LogP contribution in [0.2, 0.25) is 0 Å². The molecular formula is C15H22FN3. The van der Waals surface area contributed by atoms with E-state index in [1.165, 1.54) is 38.3 Å². The van der Waals surface area contributed by atoms with Crippen molar-refractivity contribution < 1.29 is 4.39 Å². The van der Waals surface area contributed by atoms with Crippen LogP contribution in [0.4, 0.5) is 10.2 Å². The van der Waals surface area contributed by atoms with Crippen molar-refractivity contribution in [3.8, 4) is 0 Å². The monoisotopic (exact) mass is 263 g/mol. The molecule has 4 heteroatoms. The van der Waals surface area contributed by atoms with E-state index in [0.717, 1.165) is 23.8 Å². The number of hydrogen-bond acceptors (Lipinski definition) is 3. The Morgan fingerprint density at radius 1 is 1.37 bits per heavy atom. The van der Waals surface area contributed by atoms with Gasteiger partial charge < -0.3 is 10.2 Å². The van der Waals surface area contributed by atoms with Crippen LogP contribution in [-0.2, 0) is 6.54 Å². The molecule has 3 rings (SSSR count). The molecule has 2 fully saturated rings. The van der Waals surface area contributed by atoms with Crippen LogP contribution < -0.4 is 10.2 Å². The number of halogens is 1. The number of anilines is 1. The summed E-state index contributed by atoms with van der Waals surface area (Å²) in [5.74, 6) is 1.57. The Balaban J connectivity index is 1.91. The average molecular weight is 263 g/mol. The van der Waals surface area contributed by atoms with Crippen molar-refractivity contribution in [2.24, 2.45) is 5.92 Å². The first-order valence-corrected chi connectivity index (χ1v) is 7.35. The number of hydrogen-bond donors (Lipinski definition) is 1. The van der Waals surface area contributed by atoms with Crippen LogP contribution in [0, 0.1) is 11.7 Å². The normalized spacial score (nSPS) is 26.5. The van der Waals surface area contributed by atoms with Crippen LogP contribution >= 0.6 is 0 Å². The second kappa shape index (κ2) is 5.45. The molecule has 1 aromatic heterocycles. The van der Waals surface area contributed by atoms with Gasteiger partial charge in [-0.1, -0.05) is 6.42 Å². The predicted octanol–water partition coefficient (Wildman–Crippen LogP) is 2.71. The van der Waals surface area contributed by atoms with Crippen molar-refractivity contribution >= 4 is 5.82 Å². The molecule has 0 radical (unpaired) electrons. The minimum Gasteiger partial charge on any atom is -0.353 e. The third-order valence-corrected chi connectivity index (χ3v) is 4.54. The summed E-state index contributed by atoms with van der Waals surface area (Å²) in [5, 5.41) is 3.12. The summed E-state index contributed by atoms with van der Waals surface area (Å²) < 4.78 is 13.4. The van der Waals surface area contributed by atoms with Crippen LogP contribution in [0.1, 0.15) is 37.7 Å². The lowest BCUT2D eigenvalue weighted by molar-refractivity contribution is 0.359. The third kappa shape index (κ3) is 2.46. The molecule has 2 aliphatic rings. The van der Waals surface area contributed by atoms with Gasteiger partial charge in [-0.25, -0.2) is 9.37 Å². The van der Waals surface area contributed by atoms with Crippen LogP contribution in [-0.4, -0.2) is 24.6 Å². The third-order valence-electron chi connectivity index (χ3n) is 4.54. The van der Waals surface area contributed by atoms with E-state index in [1.807, 2.05) is 7.05 Å². The highest BCUT2D eigenvalue weighted by Crippen LogP contribution is 2.39. The molecule has 1 saturated heterocycles. The standard InChI is InChI=1S/C15H22FN3/c1-17-9-12-8-13(16)10-18-15(12)19-7-3-5-11-4-2-6-14(11)19/h8,10-11,14,17H,2-7,9H2,1H3. The fraction of sp³-hybridized carbons (Fsp3) is 0.667. The zero-order valence-corrected chi connectivity index (χ0v) is 11.5. The van der Waals surface area contributed by atoms with Gasteiger partial charge in [0.2, 0.25) is 0 Å². The molecule has 0 spiro atoms. The Hall–Kier alpha value is -1.16. The van der Waals surface area contributed by atoms with E-state index in [0.29, 0.717) is 12.6 Å². The zero-order chi connectivity index (χ0) is 13.2. The summed E-state index contributed by atoms with van der Waals surface area (Å²) in [6.07, 6.45) is 7.89. The molecule has 1 aromatic rings. The Labute approximate surface area is 114 Å². The molecule has 0 bridgehead atoms. The van der Waals surface area contributed by atoms with Crippen molar-refractivity contribution in [1.29, 1.82) is 0 Å². The van der Waals surface area contributed by atoms with Crippen LogP contribution in [0.25, 0.3) is 0 Å². The molecule has 2 heterocycles. The topological polar surface area (TPSA) is 28.2 Å². The van der Waals surface area contributed by atoms with E-state index in [4.69, 9.17) is 0 Å². The number of piperidine rings is 1. The largest absolute Gasteiger partial charge is 0.353 e. The number of nitrogens with one attached hydrogen (secondary N) is 1. The van der Waals surface area contributed by atoms with Gasteiger partial charge in [0.05, 0.1) is 6.20 Å². The Morgan fingerprint density at radius 2 is 2.21 bits per heavy atom. The lowest BCUT2D eigenvalue weighted by Gasteiger charge is -2.39. The number of pyridine rings is 1. The summed E-state index contributed by atoms with van der Waals surface area (Å²) in [7, 11) is 1.89. The second-order valence-electron chi connectivity index (χ2n) is 5.76. The summed E-state index contributed by atoms with van der Waals surface area (Å²) in [6, 6.07) is 2.25. The molecule has 0 aromatic carbocycles. The lowest BCUT2D eigenvalue weighted by atomic mass is 9.91. The minimum absolute atomic E-state index is 0.242. The maximum absolute atomic E-state index is 13.4. The smallest absolute Gasteiger partial charge is 0.141 e. The molecule has 1 N–H and O–H groups in total. The van der Waals surface area contributed by atoms with Gasteiger partial charge in [-0.3, -0.25) is 0 Å². The number of fused-ring (bicyclic) bond motifs is 1. The first-order valence-electron chi connectivity index (χ1n) is 7.35. The van der Waals surface area contributed by atoms with E-state index in [9.17, 15) is 4.39 Å². The molecule has 0 amide bonds. The average Bonchev–Trinajstić information content (AvgIpc) is 2.88. The molecule has 3 nitrogen and oxygen atoms in total. The van der Waals surface area contributed by atoms with Crippen LogP contribution in [0.3, 0.4) is 0 Å². The highest BCUT2D eigenvalue weighted by molar-refractivity contribution is 5.48. The highest BCUT2D eigenvalue weighted by atomic mass is 19.1. The predicted molar refractivity (Wildman–Crippen MR) is 74.7 cm³/mol. The van der Waals surface area contributed by atoms with E-state index in [2.05, 4.69) is 15.2 Å². The fourth-order valence-electron chi connectivity index (χ4n) is 3.77. The molecule has 1 aliphatic carbocycles. The maximum atomic E-state index is 13.4. The van der Waals surface area contributed by atoms with Crippen molar-refractivity contribution in [3.05, 3.63) is 23.6 Å². The zero-order valence-electron chi connectivity index (χ0n) is 11.5. The summed E-state index contributed by atoms with van der Waals surface area (Å²) in [6.45, 7) is 1.74. The Morgan fingerprint density at radius 3 is 3.05 bits per heavy atom. The van der Waals surface area contributed by atoms with Gasteiger partial charge in [-0.15, -0.1) is 0 Å². The molecule has 19 heavy (non-hydrogen) atoms. The van der Waals surface area contributed by atoms with Gasteiger partial charge in [0.25, 0.3) is 0 Å². The van der Waals surface area contributed by atoms with Gasteiger partial charge in [-0.05, 0) is 44.7 Å². The van der Waals surface area contributed by atoms with Crippen LogP contribution in [0.15, 0.2) is 12.3 Å².